The Labute approximate surface area is 526 Å². The van der Waals surface area contributed by atoms with E-state index < -0.39 is 140 Å². The number of fused-ring (bicyclic) bond motifs is 2. The molecule has 20 atom stereocenters. The van der Waals surface area contributed by atoms with Crippen molar-refractivity contribution in [1.29, 1.82) is 0 Å². The number of aliphatic hydroxyl groups is 1. The van der Waals surface area contributed by atoms with Gasteiger partial charge < -0.3 is 76.4 Å². The molecule has 88 heavy (non-hydrogen) atoms. The molecule has 0 aromatic heterocycles. The van der Waals surface area contributed by atoms with E-state index in [1.54, 1.807) is 35.0 Å². The van der Waals surface area contributed by atoms with E-state index in [1.807, 2.05) is 45.9 Å². The monoisotopic (exact) mass is 1260 g/mol. The topological polar surface area (TPSA) is 213 Å². The second-order valence-corrected chi connectivity index (χ2v) is 35.1. The number of ether oxygens (including phenoxy) is 13. The highest BCUT2D eigenvalue weighted by atomic mass is 28.4. The molecule has 20 heteroatoms. The van der Waals surface area contributed by atoms with Crippen molar-refractivity contribution in [3.05, 3.63) is 59.4 Å². The van der Waals surface area contributed by atoms with Gasteiger partial charge >= 0.3 is 11.9 Å². The van der Waals surface area contributed by atoms with E-state index >= 15 is 4.79 Å². The lowest BCUT2D eigenvalue weighted by Crippen LogP contribution is -2.61. The van der Waals surface area contributed by atoms with Gasteiger partial charge in [0.2, 0.25) is 0 Å². The van der Waals surface area contributed by atoms with Gasteiger partial charge in [-0.25, -0.2) is 4.79 Å². The van der Waals surface area contributed by atoms with Crippen molar-refractivity contribution in [2.75, 3.05) is 27.4 Å². The fourth-order valence-electron chi connectivity index (χ4n) is 14.0. The van der Waals surface area contributed by atoms with Gasteiger partial charge in [0.15, 0.2) is 38.6 Å². The summed E-state index contributed by atoms with van der Waals surface area (Å²) in [7, 11) is 0.769. The minimum absolute atomic E-state index is 0.0896. The van der Waals surface area contributed by atoms with Crippen molar-refractivity contribution < 1.29 is 85.5 Å². The van der Waals surface area contributed by atoms with Crippen LogP contribution in [-0.4, -0.2) is 167 Å². The van der Waals surface area contributed by atoms with Gasteiger partial charge in [0.1, 0.15) is 42.0 Å². The maximum atomic E-state index is 15.1. The first kappa shape index (κ1) is 70.7. The summed E-state index contributed by atoms with van der Waals surface area (Å²) in [5.41, 5.74) is -1.02. The van der Waals surface area contributed by atoms with Gasteiger partial charge in [0.25, 0.3) is 5.91 Å². The van der Waals surface area contributed by atoms with Crippen LogP contribution in [0.2, 0.25) is 18.1 Å². The van der Waals surface area contributed by atoms with Gasteiger partial charge in [-0.05, 0) is 114 Å². The number of carbonyl (C=O) groups is 3. The third kappa shape index (κ3) is 15.4. The summed E-state index contributed by atoms with van der Waals surface area (Å²) in [6.07, 6.45) is 7.93. The first-order valence-corrected chi connectivity index (χ1v) is 35.3. The molecule has 1 amide bonds. The lowest BCUT2D eigenvalue weighted by molar-refractivity contribution is -0.367. The van der Waals surface area contributed by atoms with E-state index in [4.69, 9.17) is 66.0 Å². The van der Waals surface area contributed by atoms with E-state index in [-0.39, 0.29) is 41.4 Å². The standard InChI is InChI=1S/C68H109NO18Si/c1-22-63(11,12)57-41(4)27-30-67(85-57)36-46-35-66(17,87-67)29-26-40(3)53(39(2)24-23-25-45-37-76-58-54(86-88(20,21)62(8,9)10)42(5)32-47(61(72)80-46)68(45,58)73)82-51-34-49(75-19)56(44(7)79-51)83-52-33-48(74-18)55(43(6)78-52)81-50(70)28-31-69-60(71)59-64(13,14)38-77-65(15,16)84-59/h23-26,28,31-32,39,41,43-44,46-49,51-59,73H,22,27,29-30,33-38H2,1-21H3,(H,69,71)/b24-23+,31-28-,40-26+,45-25+/t39-,41-,43-,44-,46-,47-,48-,49-,51-,52-,53-,54+,55-,56-,57-,58+,59-,66+,67-,68+/m0/s1. The number of hydrogen-bond donors (Lipinski definition) is 2. The van der Waals surface area contributed by atoms with Crippen LogP contribution in [0.1, 0.15) is 169 Å². The van der Waals surface area contributed by atoms with Crippen molar-refractivity contribution >= 4 is 26.2 Å². The first-order chi connectivity index (χ1) is 40.9. The molecule has 7 heterocycles. The highest BCUT2D eigenvalue weighted by Gasteiger charge is 2.62. The fourth-order valence-corrected chi connectivity index (χ4v) is 15.3. The van der Waals surface area contributed by atoms with Crippen molar-refractivity contribution in [2.45, 2.75) is 296 Å². The highest BCUT2D eigenvalue weighted by molar-refractivity contribution is 6.74. The van der Waals surface area contributed by atoms with E-state index in [2.05, 4.69) is 99.8 Å². The number of nitrogens with one attached hydrogen (secondary N) is 1. The number of hydrogen-bond acceptors (Lipinski definition) is 18. The van der Waals surface area contributed by atoms with Gasteiger partial charge in [0.05, 0.1) is 55.4 Å². The molecule has 498 valence electrons. The molecule has 8 rings (SSSR count). The minimum atomic E-state index is -2.42. The molecule has 0 radical (unpaired) electrons. The summed E-state index contributed by atoms with van der Waals surface area (Å²) in [5.74, 6) is -4.60. The van der Waals surface area contributed by atoms with Crippen molar-refractivity contribution in [2.24, 2.45) is 28.6 Å². The Morgan fingerprint density at radius 1 is 0.875 bits per heavy atom. The zero-order valence-corrected chi connectivity index (χ0v) is 57.8. The molecule has 1 aliphatic carbocycles. The summed E-state index contributed by atoms with van der Waals surface area (Å²) < 4.78 is 91.6. The van der Waals surface area contributed by atoms with E-state index in [1.165, 1.54) is 6.20 Å². The number of allylic oxidation sites excluding steroid dienone is 2. The number of rotatable bonds is 14. The number of carbonyl (C=O) groups excluding carboxylic acids is 3. The summed E-state index contributed by atoms with van der Waals surface area (Å²) in [6.45, 7) is 39.5. The van der Waals surface area contributed by atoms with Gasteiger partial charge in [-0.15, -0.1) is 0 Å². The quantitative estimate of drug-likeness (QED) is 0.0716. The fraction of sp³-hybridized carbons (Fsp3) is 0.809. The maximum absolute atomic E-state index is 15.1. The lowest BCUT2D eigenvalue weighted by Gasteiger charge is -2.55. The first-order valence-electron chi connectivity index (χ1n) is 32.4. The van der Waals surface area contributed by atoms with Crippen LogP contribution in [0.3, 0.4) is 0 Å². The Bertz CT molecular complexity index is 2640. The molecule has 2 bridgehead atoms. The van der Waals surface area contributed by atoms with Crippen molar-refractivity contribution in [1.82, 2.24) is 5.32 Å². The second-order valence-electron chi connectivity index (χ2n) is 30.3. The molecule has 7 aliphatic heterocycles. The Hall–Kier alpha value is -3.19. The molecular formula is C68H109NO18Si. The number of methoxy groups -OCH3 is 2. The average molecular weight is 1260 g/mol. The Morgan fingerprint density at radius 3 is 2.17 bits per heavy atom. The molecule has 0 aromatic rings. The van der Waals surface area contributed by atoms with Crippen LogP contribution in [0.25, 0.3) is 0 Å². The molecule has 1 spiro atoms. The average Bonchev–Trinajstić information content (AvgIpc) is 1.46. The van der Waals surface area contributed by atoms with Gasteiger partial charge in [-0.1, -0.05) is 99.6 Å². The number of amides is 1. The van der Waals surface area contributed by atoms with E-state index in [0.717, 1.165) is 30.1 Å². The minimum Gasteiger partial charge on any atom is -0.462 e. The molecule has 6 saturated heterocycles. The smallest absolute Gasteiger partial charge is 0.332 e. The summed E-state index contributed by atoms with van der Waals surface area (Å²) in [5, 5.41) is 15.9. The SMILES string of the molecule is CCC(C)(C)[C@H]1O[C@]2(CC[C@@H]1C)C[C@@H]1C[C@@](C)(C/C=C(\C)[C@@H](O[C@H]3C[C@H](OC)[C@@H](O[C@H]4C[C@H](OC)[C@@H](OC(=O)/C=C\NC(=O)[C@@H]5OC(C)(C)OCC5(C)C)[C@H](C)O4)[C@H](C)O3)[C@@H](C)/C=C/C=C3\CO[C@@H]4[C@H](O[Si](C)(C)C(C)(C)C)C(C)=C[C@@H](C(=O)O1)[C@]34O)O2. The molecule has 8 aliphatic rings. The Balaban J connectivity index is 1.02. The summed E-state index contributed by atoms with van der Waals surface area (Å²) >= 11 is 0. The zero-order chi connectivity index (χ0) is 64.9. The van der Waals surface area contributed by atoms with Crippen LogP contribution in [0, 0.1) is 28.6 Å². The lowest BCUT2D eigenvalue weighted by atomic mass is 9.70. The third-order valence-electron chi connectivity index (χ3n) is 20.7. The zero-order valence-electron chi connectivity index (χ0n) is 56.8. The molecular weight excluding hydrogens is 1150 g/mol. The summed E-state index contributed by atoms with van der Waals surface area (Å²) in [6, 6.07) is 0. The van der Waals surface area contributed by atoms with Gasteiger partial charge in [-0.2, -0.15) is 0 Å². The van der Waals surface area contributed by atoms with Gasteiger partial charge in [0, 0.05) is 69.9 Å². The predicted molar refractivity (Wildman–Crippen MR) is 333 cm³/mol. The molecule has 6 fully saturated rings. The van der Waals surface area contributed by atoms with E-state index in [9.17, 15) is 14.7 Å². The largest absolute Gasteiger partial charge is 0.462 e. The molecule has 0 aromatic carbocycles. The normalized spacial score (nSPS) is 42.5. The third-order valence-corrected chi connectivity index (χ3v) is 25.2. The molecule has 0 saturated carbocycles. The van der Waals surface area contributed by atoms with E-state index in [0.29, 0.717) is 44.3 Å². The second kappa shape index (κ2) is 27.0. The van der Waals surface area contributed by atoms with Crippen LogP contribution >= 0.6 is 0 Å². The van der Waals surface area contributed by atoms with Crippen molar-refractivity contribution in [3.63, 3.8) is 0 Å². The molecule has 0 unspecified atom stereocenters. The van der Waals surface area contributed by atoms with Gasteiger partial charge in [-0.3, -0.25) is 9.59 Å². The highest BCUT2D eigenvalue weighted by Crippen LogP contribution is 2.53. The predicted octanol–water partition coefficient (Wildman–Crippen LogP) is 10.8. The number of esters is 2. The molecule has 19 nitrogen and oxygen atoms in total. The summed E-state index contributed by atoms with van der Waals surface area (Å²) in [4.78, 5) is 41.5. The van der Waals surface area contributed by atoms with Crippen LogP contribution in [0.4, 0.5) is 0 Å². The Kier molecular flexibility index (Phi) is 21.7. The van der Waals surface area contributed by atoms with Crippen molar-refractivity contribution in [3.8, 4) is 0 Å². The van der Waals surface area contributed by atoms with Crippen LogP contribution in [0.15, 0.2) is 59.4 Å². The van der Waals surface area contributed by atoms with Crippen LogP contribution in [-0.2, 0) is 80.4 Å². The Morgan fingerprint density at radius 2 is 1.52 bits per heavy atom. The molecule has 2 N–H and O–H groups in total. The van der Waals surface area contributed by atoms with Crippen LogP contribution in [0.5, 0.6) is 0 Å². The maximum Gasteiger partial charge on any atom is 0.332 e. The van der Waals surface area contributed by atoms with Crippen LogP contribution < -0.4 is 5.32 Å².